The van der Waals surface area contributed by atoms with Gasteiger partial charge in [-0.15, -0.1) is 0 Å². The first-order chi connectivity index (χ1) is 7.31. The first-order valence-corrected chi connectivity index (χ1v) is 6.95. The Labute approximate surface area is 107 Å². The Morgan fingerprint density at radius 2 is 1.47 bits per heavy atom. The maximum Gasteiger partial charge on any atom is 1.00 e. The van der Waals surface area contributed by atoms with Gasteiger partial charge in [-0.05, 0) is 0 Å². The van der Waals surface area contributed by atoms with Gasteiger partial charge < -0.3 is 0 Å². The van der Waals surface area contributed by atoms with E-state index in [1.807, 2.05) is 0 Å². The smallest absolute Gasteiger partial charge is 1.00 e. The fourth-order valence-electron chi connectivity index (χ4n) is 1.62. The van der Waals surface area contributed by atoms with Gasteiger partial charge in [0.2, 0.25) is 0 Å². The topological polar surface area (TPSA) is 26.3 Å². The Morgan fingerprint density at radius 3 is 1.93 bits per heavy atom. The Bertz CT molecular complexity index is 154. The molecule has 0 aromatic rings. The van der Waals surface area contributed by atoms with Crippen molar-refractivity contribution in [2.75, 3.05) is 0 Å². The van der Waals surface area contributed by atoms with Gasteiger partial charge >= 0.3 is 100.0 Å². The molecule has 0 rings (SSSR count). The minimum Gasteiger partial charge on any atom is 1.00 e. The van der Waals surface area contributed by atoms with Crippen LogP contribution in [0.5, 0.6) is 0 Å². The van der Waals surface area contributed by atoms with Crippen LogP contribution in [0, 0.1) is 0 Å². The Kier molecular flexibility index (Phi) is 12.4. The molecule has 0 heterocycles. The van der Waals surface area contributed by atoms with E-state index in [0.29, 0.717) is 6.42 Å². The van der Waals surface area contributed by atoms with Gasteiger partial charge in [0.1, 0.15) is 0 Å². The maximum absolute atomic E-state index is 10.8. The summed E-state index contributed by atoms with van der Waals surface area (Å²) >= 11 is 1.39. The van der Waals surface area contributed by atoms with Crippen molar-refractivity contribution in [3.63, 3.8) is 0 Å². The van der Waals surface area contributed by atoms with Crippen LogP contribution in [0.1, 0.15) is 72.6 Å². The van der Waals surface area contributed by atoms with Gasteiger partial charge in [0.05, 0.1) is 0 Å². The summed E-state index contributed by atoms with van der Waals surface area (Å²) in [5.74, 6) is -0.0669. The molecule has 0 N–H and O–H groups in total. The van der Waals surface area contributed by atoms with E-state index in [9.17, 15) is 4.79 Å². The molecule has 0 bridgehead atoms. The van der Waals surface area contributed by atoms with Crippen LogP contribution >= 0.6 is 0 Å². The van der Waals surface area contributed by atoms with E-state index in [0.717, 1.165) is 6.42 Å². The third kappa shape index (κ3) is 12.1. The predicted molar refractivity (Wildman–Crippen MR) is 59.0 cm³/mol. The summed E-state index contributed by atoms with van der Waals surface area (Å²) in [6.07, 6.45) is 12.2. The average molecular weight is 296 g/mol. The molecule has 0 amide bonds. The standard InChI is InChI=1S/C12H24O2.Mo/c1-2-3-4-5-6-7-8-9-10-11-12(13)14;/h2-11H2,1H3,(H,13,14);/q;+1. The molecule has 0 aromatic carbocycles. The normalized spacial score (nSPS) is 10.2. The van der Waals surface area contributed by atoms with E-state index in [1.54, 1.807) is 0 Å². The molecule has 0 radical (unpaired) electrons. The van der Waals surface area contributed by atoms with Crippen LogP contribution in [0.2, 0.25) is 0 Å². The van der Waals surface area contributed by atoms with Crippen molar-refractivity contribution in [1.82, 2.24) is 0 Å². The number of hydrogen-bond acceptors (Lipinski definition) is 2. The third-order valence-electron chi connectivity index (χ3n) is 2.58. The molecule has 89 valence electrons. The largest absolute Gasteiger partial charge is 1.00 e. The van der Waals surface area contributed by atoms with Gasteiger partial charge in [-0.25, -0.2) is 0 Å². The predicted octanol–water partition coefficient (Wildman–Crippen LogP) is 4.02. The number of hydrogen-bond donors (Lipinski definition) is 0. The third-order valence-corrected chi connectivity index (χ3v) is 3.03. The molecular formula is C12H24MoO2+. The number of carbonyl (C=O) groups excluding carboxylic acids is 1. The average Bonchev–Trinajstić information content (AvgIpc) is 2.26. The van der Waals surface area contributed by atoms with Gasteiger partial charge in [0, 0.05) is 0 Å². The second-order valence-electron chi connectivity index (χ2n) is 4.03. The Balaban J connectivity index is 0. The molecule has 0 spiro atoms. The summed E-state index contributed by atoms with van der Waals surface area (Å²) in [5, 5.41) is 0. The molecule has 15 heavy (non-hydrogen) atoms. The molecule has 2 nitrogen and oxygen atoms in total. The van der Waals surface area contributed by atoms with Crippen LogP contribution in [0.15, 0.2) is 0 Å². The fraction of sp³-hybridized carbons (Fsp3) is 0.917. The molecule has 0 fully saturated rings. The van der Waals surface area contributed by atoms with Crippen LogP contribution < -0.4 is 0 Å². The molecule has 0 aromatic heterocycles. The van der Waals surface area contributed by atoms with Crippen LogP contribution in [-0.2, 0) is 28.4 Å². The van der Waals surface area contributed by atoms with Crippen molar-refractivity contribution in [2.24, 2.45) is 0 Å². The summed E-state index contributed by atoms with van der Waals surface area (Å²) in [4.78, 5) is 10.8. The van der Waals surface area contributed by atoms with Crippen LogP contribution in [0.3, 0.4) is 0 Å². The molecule has 0 saturated carbocycles. The van der Waals surface area contributed by atoms with Crippen molar-refractivity contribution in [3.8, 4) is 0 Å². The monoisotopic (exact) mass is 298 g/mol. The van der Waals surface area contributed by atoms with Crippen LogP contribution in [-0.4, -0.2) is 5.97 Å². The molecule has 0 aliphatic rings. The van der Waals surface area contributed by atoms with Crippen molar-refractivity contribution >= 4 is 5.97 Å². The van der Waals surface area contributed by atoms with Gasteiger partial charge in [0.25, 0.3) is 0 Å². The van der Waals surface area contributed by atoms with Crippen molar-refractivity contribution in [2.45, 2.75) is 71.1 Å². The molecule has 0 atom stereocenters. The van der Waals surface area contributed by atoms with E-state index in [-0.39, 0.29) is 7.40 Å². The maximum atomic E-state index is 10.8. The van der Waals surface area contributed by atoms with Crippen LogP contribution in [0.4, 0.5) is 0 Å². The minimum atomic E-state index is -0.0669. The molecule has 0 aliphatic carbocycles. The van der Waals surface area contributed by atoms with Gasteiger partial charge in [0.15, 0.2) is 0 Å². The zero-order valence-electron chi connectivity index (χ0n) is 10.8. The molecule has 0 aliphatic heterocycles. The summed E-state index contributed by atoms with van der Waals surface area (Å²) in [6.45, 7) is 2.24. The van der Waals surface area contributed by atoms with Crippen molar-refractivity contribution in [1.29, 1.82) is 0 Å². The summed E-state index contributed by atoms with van der Waals surface area (Å²) in [6, 6.07) is 0. The van der Waals surface area contributed by atoms with E-state index in [4.69, 9.17) is 0 Å². The van der Waals surface area contributed by atoms with E-state index in [1.165, 1.54) is 71.6 Å². The quantitative estimate of drug-likeness (QED) is 0.449. The second kappa shape index (κ2) is 12.2. The zero-order valence-corrected chi connectivity index (χ0v) is 11.8. The van der Waals surface area contributed by atoms with Gasteiger partial charge in [-0.1, -0.05) is 6.92 Å². The zero-order chi connectivity index (χ0) is 11.4. The molecule has 0 unspecified atom stereocenters. The Hall–Kier alpha value is 0.158. The van der Waals surface area contributed by atoms with Crippen LogP contribution in [0.25, 0.3) is 0 Å². The number of carbonyl (C=O) groups is 1. The molecule has 0 saturated heterocycles. The SMILES string of the molecule is CCCCCCCCCCCC(=O)[O][Mo].[H+]. The first-order valence-electron chi connectivity index (χ1n) is 6.14. The van der Waals surface area contributed by atoms with Gasteiger partial charge in [-0.2, -0.15) is 0 Å². The van der Waals surface area contributed by atoms with Crippen molar-refractivity contribution in [3.05, 3.63) is 0 Å². The summed E-state index contributed by atoms with van der Waals surface area (Å²) in [7, 11) is 0. The molecule has 3 heteroatoms. The summed E-state index contributed by atoms with van der Waals surface area (Å²) in [5.41, 5.74) is 0. The number of rotatable bonds is 10. The minimum absolute atomic E-state index is 0. The Morgan fingerprint density at radius 1 is 1.00 bits per heavy atom. The summed E-state index contributed by atoms with van der Waals surface area (Å²) < 4.78 is 4.59. The van der Waals surface area contributed by atoms with E-state index >= 15 is 0 Å². The molecular weight excluding hydrogens is 272 g/mol. The van der Waals surface area contributed by atoms with E-state index < -0.39 is 0 Å². The number of unbranched alkanes of at least 4 members (excludes halogenated alkanes) is 8. The first kappa shape index (κ1) is 15.2. The van der Waals surface area contributed by atoms with Gasteiger partial charge in [-0.3, -0.25) is 0 Å². The fourth-order valence-corrected chi connectivity index (χ4v) is 1.83. The van der Waals surface area contributed by atoms with E-state index in [2.05, 4.69) is 10.3 Å². The second-order valence-corrected chi connectivity index (χ2v) is 4.44. The van der Waals surface area contributed by atoms with Crippen molar-refractivity contribution < 1.29 is 29.8 Å².